The molecule has 0 radical (unpaired) electrons. The maximum Gasteiger partial charge on any atom is 0.390 e. The van der Waals surface area contributed by atoms with Crippen molar-refractivity contribution < 1.29 is 13.2 Å². The van der Waals surface area contributed by atoms with Gasteiger partial charge in [-0.15, -0.1) is 0 Å². The SMILES string of the molecule is FC(F)(F)CCNc1ncc2c(-c3ccc4ncc(Cl)n4n3)c[nH]c2n1. The van der Waals surface area contributed by atoms with Crippen LogP contribution in [0.25, 0.3) is 27.9 Å². The molecule has 11 heteroatoms. The Morgan fingerprint density at radius 1 is 1.19 bits per heavy atom. The van der Waals surface area contributed by atoms with E-state index in [1.807, 2.05) is 0 Å². The number of H-pyrrole nitrogens is 1. The summed E-state index contributed by atoms with van der Waals surface area (Å²) in [6.07, 6.45) is -0.441. The molecule has 0 amide bonds. The maximum absolute atomic E-state index is 12.2. The number of imidazole rings is 1. The van der Waals surface area contributed by atoms with Gasteiger partial charge in [-0.05, 0) is 12.1 Å². The van der Waals surface area contributed by atoms with Crippen LogP contribution in [0.2, 0.25) is 5.15 Å². The first-order valence-electron chi connectivity index (χ1n) is 7.56. The highest BCUT2D eigenvalue weighted by Crippen LogP contribution is 2.27. The Labute approximate surface area is 149 Å². The van der Waals surface area contributed by atoms with E-state index in [9.17, 15) is 13.2 Å². The van der Waals surface area contributed by atoms with Crippen molar-refractivity contribution in [1.82, 2.24) is 29.5 Å². The molecule has 0 atom stereocenters. The van der Waals surface area contributed by atoms with E-state index >= 15 is 0 Å². The number of nitrogens with zero attached hydrogens (tertiary/aromatic N) is 5. The standard InChI is InChI=1S/C15H11ClF3N7/c16-11-7-21-12-2-1-10(25-26(11)12)8-5-22-13-9(8)6-23-14(24-13)20-4-3-15(17,18)19/h1-2,5-7H,3-4H2,(H2,20,22,23,24). The van der Waals surface area contributed by atoms with E-state index in [0.29, 0.717) is 27.5 Å². The van der Waals surface area contributed by atoms with Crippen LogP contribution in [0.3, 0.4) is 0 Å². The molecule has 0 saturated carbocycles. The molecule has 0 saturated heterocycles. The predicted octanol–water partition coefficient (Wildman–Crippen LogP) is 3.69. The Balaban J connectivity index is 1.63. The molecule has 0 bridgehead atoms. The normalized spacial score (nSPS) is 12.2. The van der Waals surface area contributed by atoms with Crippen molar-refractivity contribution in [2.45, 2.75) is 12.6 Å². The molecule has 7 nitrogen and oxygen atoms in total. The first-order chi connectivity index (χ1) is 12.4. The van der Waals surface area contributed by atoms with E-state index in [2.05, 4.69) is 30.4 Å². The molecule has 0 spiro atoms. The topological polar surface area (TPSA) is 83.8 Å². The van der Waals surface area contributed by atoms with Gasteiger partial charge >= 0.3 is 6.18 Å². The Kier molecular flexibility index (Phi) is 3.91. The summed E-state index contributed by atoms with van der Waals surface area (Å²) in [6.45, 7) is -0.292. The van der Waals surface area contributed by atoms with E-state index in [1.165, 1.54) is 16.9 Å². The summed E-state index contributed by atoms with van der Waals surface area (Å²) in [4.78, 5) is 15.4. The third-order valence-corrected chi connectivity index (χ3v) is 3.98. The lowest BCUT2D eigenvalue weighted by Gasteiger charge is -2.07. The largest absolute Gasteiger partial charge is 0.390 e. The van der Waals surface area contributed by atoms with Gasteiger partial charge in [0.15, 0.2) is 10.8 Å². The van der Waals surface area contributed by atoms with Crippen LogP contribution in [-0.4, -0.2) is 42.3 Å². The lowest BCUT2D eigenvalue weighted by molar-refractivity contribution is -0.131. The van der Waals surface area contributed by atoms with Crippen molar-refractivity contribution >= 4 is 34.2 Å². The number of hydrogen-bond donors (Lipinski definition) is 2. The molecule has 4 aromatic rings. The summed E-state index contributed by atoms with van der Waals surface area (Å²) >= 11 is 6.04. The Morgan fingerprint density at radius 3 is 2.85 bits per heavy atom. The van der Waals surface area contributed by atoms with Crippen LogP contribution in [0.15, 0.2) is 30.7 Å². The van der Waals surface area contributed by atoms with Gasteiger partial charge in [-0.25, -0.2) is 14.5 Å². The van der Waals surface area contributed by atoms with Gasteiger partial charge in [-0.1, -0.05) is 11.6 Å². The molecular formula is C15H11ClF3N7. The fraction of sp³-hybridized carbons (Fsp3) is 0.200. The Hall–Kier alpha value is -2.88. The second kappa shape index (κ2) is 6.13. The van der Waals surface area contributed by atoms with Crippen LogP contribution in [0.1, 0.15) is 6.42 Å². The second-order valence-corrected chi connectivity index (χ2v) is 5.91. The summed E-state index contributed by atoms with van der Waals surface area (Å²) in [5, 5.41) is 8.07. The number of nitrogens with one attached hydrogen (secondary N) is 2. The van der Waals surface area contributed by atoms with Crippen molar-refractivity contribution in [3.63, 3.8) is 0 Å². The lowest BCUT2D eigenvalue weighted by atomic mass is 10.2. The fourth-order valence-electron chi connectivity index (χ4n) is 2.51. The van der Waals surface area contributed by atoms with Crippen molar-refractivity contribution in [2.24, 2.45) is 0 Å². The third kappa shape index (κ3) is 3.15. The minimum Gasteiger partial charge on any atom is -0.354 e. The zero-order valence-corrected chi connectivity index (χ0v) is 13.8. The van der Waals surface area contributed by atoms with E-state index in [-0.39, 0.29) is 12.5 Å². The summed E-state index contributed by atoms with van der Waals surface area (Å²) in [5.41, 5.74) is 2.48. The number of aromatic nitrogens is 6. The number of fused-ring (bicyclic) bond motifs is 2. The zero-order valence-electron chi connectivity index (χ0n) is 13.0. The highest BCUT2D eigenvalue weighted by molar-refractivity contribution is 6.29. The quantitative estimate of drug-likeness (QED) is 0.563. The van der Waals surface area contributed by atoms with E-state index in [4.69, 9.17) is 11.6 Å². The van der Waals surface area contributed by atoms with Crippen LogP contribution < -0.4 is 5.32 Å². The molecule has 134 valence electrons. The van der Waals surface area contributed by atoms with Gasteiger partial charge in [0, 0.05) is 29.9 Å². The molecule has 4 rings (SSSR count). The zero-order chi connectivity index (χ0) is 18.3. The second-order valence-electron chi connectivity index (χ2n) is 5.52. The van der Waals surface area contributed by atoms with Crippen LogP contribution in [-0.2, 0) is 0 Å². The molecule has 4 aromatic heterocycles. The minimum atomic E-state index is -4.23. The number of halogens is 4. The molecule has 0 aromatic carbocycles. The van der Waals surface area contributed by atoms with Gasteiger partial charge < -0.3 is 10.3 Å². The molecule has 0 fully saturated rings. The molecule has 4 heterocycles. The van der Waals surface area contributed by atoms with Gasteiger partial charge in [0.25, 0.3) is 0 Å². The van der Waals surface area contributed by atoms with Crippen LogP contribution in [0.4, 0.5) is 19.1 Å². The Morgan fingerprint density at radius 2 is 2.04 bits per heavy atom. The number of rotatable bonds is 4. The van der Waals surface area contributed by atoms with Gasteiger partial charge in [-0.2, -0.15) is 23.3 Å². The number of alkyl halides is 3. The molecule has 2 N–H and O–H groups in total. The molecule has 0 aliphatic heterocycles. The maximum atomic E-state index is 12.2. The van der Waals surface area contributed by atoms with Gasteiger partial charge in [0.1, 0.15) is 5.65 Å². The van der Waals surface area contributed by atoms with Crippen LogP contribution in [0.5, 0.6) is 0 Å². The minimum absolute atomic E-state index is 0.121. The monoisotopic (exact) mass is 381 g/mol. The molecule has 0 unspecified atom stereocenters. The Bertz CT molecular complexity index is 1090. The van der Waals surface area contributed by atoms with Crippen molar-refractivity contribution in [2.75, 3.05) is 11.9 Å². The van der Waals surface area contributed by atoms with Crippen LogP contribution in [0, 0.1) is 0 Å². The summed E-state index contributed by atoms with van der Waals surface area (Å²) in [6, 6.07) is 3.57. The predicted molar refractivity (Wildman–Crippen MR) is 90.0 cm³/mol. The average Bonchev–Trinajstić information content (AvgIpc) is 3.17. The smallest absolute Gasteiger partial charge is 0.354 e. The number of aromatic amines is 1. The summed E-state index contributed by atoms with van der Waals surface area (Å²) < 4.78 is 38.1. The molecule has 26 heavy (non-hydrogen) atoms. The highest BCUT2D eigenvalue weighted by atomic mass is 35.5. The van der Waals surface area contributed by atoms with Crippen molar-refractivity contribution in [3.8, 4) is 11.3 Å². The molecule has 0 aliphatic rings. The van der Waals surface area contributed by atoms with Gasteiger partial charge in [0.2, 0.25) is 5.95 Å². The number of anilines is 1. The number of hydrogen-bond acceptors (Lipinski definition) is 5. The third-order valence-electron chi connectivity index (χ3n) is 3.72. The van der Waals surface area contributed by atoms with Crippen LogP contribution >= 0.6 is 11.6 Å². The van der Waals surface area contributed by atoms with Gasteiger partial charge in [0.05, 0.1) is 18.3 Å². The first kappa shape index (κ1) is 16.6. The van der Waals surface area contributed by atoms with E-state index in [0.717, 1.165) is 5.56 Å². The van der Waals surface area contributed by atoms with E-state index < -0.39 is 12.6 Å². The van der Waals surface area contributed by atoms with Crippen molar-refractivity contribution in [1.29, 1.82) is 0 Å². The highest BCUT2D eigenvalue weighted by Gasteiger charge is 2.26. The van der Waals surface area contributed by atoms with Crippen molar-refractivity contribution in [3.05, 3.63) is 35.9 Å². The average molecular weight is 382 g/mol. The summed E-state index contributed by atoms with van der Waals surface area (Å²) in [7, 11) is 0. The first-order valence-corrected chi connectivity index (χ1v) is 7.94. The van der Waals surface area contributed by atoms with E-state index in [1.54, 1.807) is 18.3 Å². The van der Waals surface area contributed by atoms with Gasteiger partial charge in [-0.3, -0.25) is 0 Å². The summed E-state index contributed by atoms with van der Waals surface area (Å²) in [5.74, 6) is 0.121. The lowest BCUT2D eigenvalue weighted by Crippen LogP contribution is -2.15. The molecule has 0 aliphatic carbocycles. The fourth-order valence-corrected chi connectivity index (χ4v) is 2.68. The molecular weight excluding hydrogens is 371 g/mol.